The zero-order valence-corrected chi connectivity index (χ0v) is 11.7. The number of carbonyl (C=O) groups is 2. The van der Waals surface area contributed by atoms with E-state index in [2.05, 4.69) is 4.74 Å². The van der Waals surface area contributed by atoms with Gasteiger partial charge >= 0.3 is 11.4 Å². The highest BCUT2D eigenvalue weighted by Gasteiger charge is 1.95. The number of aliphatic carboxylic acids is 1. The number of hydrogen-bond donors (Lipinski definition) is 1. The zero-order valence-electron chi connectivity index (χ0n) is 11.0. The normalized spacial score (nSPS) is 9.57. The molecule has 0 spiro atoms. The molecule has 0 saturated carbocycles. The van der Waals surface area contributed by atoms with Gasteiger partial charge in [0.1, 0.15) is 5.75 Å². The molecule has 0 atom stereocenters. The number of hydrogen-bond acceptors (Lipinski definition) is 3. The molecule has 0 aliphatic carbocycles. The Kier molecular flexibility index (Phi) is 7.32. The number of carboxylic acids is 1. The Balaban J connectivity index is 0.000000211. The minimum Gasteiger partial charge on any atom is -0.478 e. The first-order valence-electron chi connectivity index (χ1n) is 5.96. The van der Waals surface area contributed by atoms with Gasteiger partial charge in [-0.2, -0.15) is 0 Å². The van der Waals surface area contributed by atoms with E-state index in [-0.39, 0.29) is 0 Å². The summed E-state index contributed by atoms with van der Waals surface area (Å²) >= 11 is 4.95. The fourth-order valence-corrected chi connectivity index (χ4v) is 1.40. The van der Waals surface area contributed by atoms with Crippen molar-refractivity contribution in [3.63, 3.8) is 0 Å². The lowest BCUT2D eigenvalue weighted by atomic mass is 10.2. The number of carbonyl (C=O) groups excluding carboxylic acids is 1. The second-order valence-electron chi connectivity index (χ2n) is 3.74. The lowest BCUT2D eigenvalue weighted by Gasteiger charge is -1.95. The number of benzene rings is 2. The molecule has 0 radical (unpaired) electrons. The van der Waals surface area contributed by atoms with Crippen LogP contribution >= 0.6 is 11.6 Å². The Bertz CT molecular complexity index is 594. The average Bonchev–Trinajstić information content (AvgIpc) is 2.47. The summed E-state index contributed by atoms with van der Waals surface area (Å²) in [5, 5.41) is 8.29. The first-order chi connectivity index (χ1) is 10.1. The highest BCUT2D eigenvalue weighted by atomic mass is 35.5. The number of carboxylic acid groups (broad SMARTS) is 1. The van der Waals surface area contributed by atoms with Gasteiger partial charge in [0.15, 0.2) is 0 Å². The van der Waals surface area contributed by atoms with Gasteiger partial charge in [-0.3, -0.25) is 0 Å². The number of rotatable bonds is 3. The lowest BCUT2D eigenvalue weighted by molar-refractivity contribution is -0.131. The molecule has 2 rings (SSSR count). The van der Waals surface area contributed by atoms with Crippen molar-refractivity contribution in [2.75, 3.05) is 0 Å². The monoisotopic (exact) mass is 304 g/mol. The topological polar surface area (TPSA) is 63.6 Å². The van der Waals surface area contributed by atoms with Crippen molar-refractivity contribution in [1.29, 1.82) is 0 Å². The third-order valence-corrected chi connectivity index (χ3v) is 2.24. The summed E-state index contributed by atoms with van der Waals surface area (Å²) in [5.41, 5.74) is 0.0844. The second-order valence-corrected chi connectivity index (χ2v) is 4.04. The van der Waals surface area contributed by atoms with Crippen LogP contribution in [0.15, 0.2) is 66.7 Å². The standard InChI is InChI=1S/C9H8O2.C7H5ClO2/c10-9(11)7-6-8-4-2-1-3-5-8;8-7(9)10-6-4-2-1-3-5-6/h1-7H,(H,10,11);1-5H. The quantitative estimate of drug-likeness (QED) is 0.681. The van der Waals surface area contributed by atoms with E-state index in [1.165, 1.54) is 0 Å². The molecule has 5 heteroatoms. The molecule has 0 bridgehead atoms. The summed E-state index contributed by atoms with van der Waals surface area (Å²) in [5.74, 6) is -0.462. The molecule has 0 heterocycles. The number of para-hydroxylation sites is 1. The molecular formula is C16H13ClO4. The van der Waals surface area contributed by atoms with Crippen molar-refractivity contribution >= 4 is 29.1 Å². The molecule has 1 N–H and O–H groups in total. The van der Waals surface area contributed by atoms with E-state index >= 15 is 0 Å². The molecule has 0 aliphatic heterocycles. The molecule has 0 unspecified atom stereocenters. The van der Waals surface area contributed by atoms with Crippen molar-refractivity contribution < 1.29 is 19.4 Å². The van der Waals surface area contributed by atoms with E-state index in [4.69, 9.17) is 16.7 Å². The third-order valence-electron chi connectivity index (χ3n) is 2.16. The van der Waals surface area contributed by atoms with Crippen molar-refractivity contribution in [2.45, 2.75) is 0 Å². The minimum atomic E-state index is -0.922. The molecule has 21 heavy (non-hydrogen) atoms. The van der Waals surface area contributed by atoms with Crippen molar-refractivity contribution in [2.24, 2.45) is 0 Å². The smallest absolute Gasteiger partial charge is 0.409 e. The molecule has 4 nitrogen and oxygen atoms in total. The predicted octanol–water partition coefficient (Wildman–Crippen LogP) is 4.21. The Hall–Kier alpha value is -2.59. The Morgan fingerprint density at radius 1 is 0.952 bits per heavy atom. The van der Waals surface area contributed by atoms with E-state index in [9.17, 15) is 9.59 Å². The maximum absolute atomic E-state index is 10.2. The van der Waals surface area contributed by atoms with Crippen LogP contribution in [0.4, 0.5) is 4.79 Å². The summed E-state index contributed by atoms with van der Waals surface area (Å²) < 4.78 is 4.54. The summed E-state index contributed by atoms with van der Waals surface area (Å²) in [4.78, 5) is 20.2. The zero-order chi connectivity index (χ0) is 15.5. The van der Waals surface area contributed by atoms with E-state index in [0.717, 1.165) is 11.6 Å². The maximum Gasteiger partial charge on any atom is 0.409 e. The van der Waals surface area contributed by atoms with Gasteiger partial charge in [0.05, 0.1) is 0 Å². The van der Waals surface area contributed by atoms with Crippen molar-refractivity contribution in [3.05, 3.63) is 72.3 Å². The van der Waals surface area contributed by atoms with Gasteiger partial charge in [-0.25, -0.2) is 9.59 Å². The fourth-order valence-electron chi connectivity index (χ4n) is 1.31. The Morgan fingerprint density at radius 2 is 1.48 bits per heavy atom. The molecule has 0 amide bonds. The minimum absolute atomic E-state index is 0.461. The molecule has 0 aromatic heterocycles. The predicted molar refractivity (Wildman–Crippen MR) is 81.4 cm³/mol. The van der Waals surface area contributed by atoms with E-state index in [0.29, 0.717) is 5.75 Å². The van der Waals surface area contributed by atoms with Gasteiger partial charge in [0.25, 0.3) is 0 Å². The van der Waals surface area contributed by atoms with E-state index in [1.54, 1.807) is 30.3 Å². The summed E-state index contributed by atoms with van der Waals surface area (Å²) in [7, 11) is 0. The summed E-state index contributed by atoms with van der Waals surface area (Å²) in [6, 6.07) is 18.0. The van der Waals surface area contributed by atoms with Crippen LogP contribution in [0.1, 0.15) is 5.56 Å². The van der Waals surface area contributed by atoms with Crippen LogP contribution in [0.25, 0.3) is 6.08 Å². The number of halogens is 1. The van der Waals surface area contributed by atoms with Crippen LogP contribution in [0.3, 0.4) is 0 Å². The molecule has 2 aromatic carbocycles. The average molecular weight is 305 g/mol. The molecule has 0 fully saturated rings. The third kappa shape index (κ3) is 8.23. The van der Waals surface area contributed by atoms with Crippen LogP contribution in [0.2, 0.25) is 0 Å². The molecule has 0 aliphatic rings. The van der Waals surface area contributed by atoms with Gasteiger partial charge in [-0.1, -0.05) is 48.5 Å². The van der Waals surface area contributed by atoms with Crippen LogP contribution in [0, 0.1) is 0 Å². The van der Waals surface area contributed by atoms with Crippen molar-refractivity contribution in [3.8, 4) is 5.75 Å². The highest BCUT2D eigenvalue weighted by Crippen LogP contribution is 2.09. The summed E-state index contributed by atoms with van der Waals surface area (Å²) in [6.45, 7) is 0. The molecule has 108 valence electrons. The SMILES string of the molecule is O=C(Cl)Oc1ccccc1.O=C(O)C=Cc1ccccc1. The van der Waals surface area contributed by atoms with Gasteiger partial charge in [-0.05, 0) is 23.8 Å². The van der Waals surface area contributed by atoms with Crippen LogP contribution in [0.5, 0.6) is 5.75 Å². The van der Waals surface area contributed by atoms with Crippen LogP contribution < -0.4 is 4.74 Å². The van der Waals surface area contributed by atoms with Crippen molar-refractivity contribution in [1.82, 2.24) is 0 Å². The molecule has 0 saturated heterocycles. The van der Waals surface area contributed by atoms with E-state index < -0.39 is 11.4 Å². The highest BCUT2D eigenvalue weighted by molar-refractivity contribution is 6.61. The summed E-state index contributed by atoms with van der Waals surface area (Å²) in [6.07, 6.45) is 2.68. The maximum atomic E-state index is 10.2. The second kappa shape index (κ2) is 9.34. The van der Waals surface area contributed by atoms with Crippen LogP contribution in [-0.4, -0.2) is 16.5 Å². The van der Waals surface area contributed by atoms with Gasteiger partial charge in [0.2, 0.25) is 0 Å². The fraction of sp³-hybridized carbons (Fsp3) is 0. The van der Waals surface area contributed by atoms with Gasteiger partial charge < -0.3 is 9.84 Å². The number of ether oxygens (including phenoxy) is 1. The molecule has 2 aromatic rings. The van der Waals surface area contributed by atoms with Crippen LogP contribution in [-0.2, 0) is 4.79 Å². The Labute approximate surface area is 127 Å². The largest absolute Gasteiger partial charge is 0.478 e. The first kappa shape index (κ1) is 16.5. The Morgan fingerprint density at radius 3 is 1.95 bits per heavy atom. The lowest BCUT2D eigenvalue weighted by Crippen LogP contribution is -1.94. The molecular weight excluding hydrogens is 292 g/mol. The van der Waals surface area contributed by atoms with E-state index in [1.807, 2.05) is 36.4 Å². The van der Waals surface area contributed by atoms with Gasteiger partial charge in [0, 0.05) is 17.7 Å². The van der Waals surface area contributed by atoms with Gasteiger partial charge in [-0.15, -0.1) is 0 Å². The first-order valence-corrected chi connectivity index (χ1v) is 6.34.